The van der Waals surface area contributed by atoms with Gasteiger partial charge in [-0.2, -0.15) is 0 Å². The van der Waals surface area contributed by atoms with Gasteiger partial charge in [-0.1, -0.05) is 67.6 Å². The van der Waals surface area contributed by atoms with E-state index >= 15 is 0 Å². The maximum Gasteiger partial charge on any atom is 0.0751 e. The van der Waals surface area contributed by atoms with Crippen molar-refractivity contribution >= 4 is 10.8 Å². The first-order valence-electron chi connectivity index (χ1n) is 6.94. The Labute approximate surface area is 123 Å². The predicted octanol–water partition coefficient (Wildman–Crippen LogP) is 3.07. The van der Waals surface area contributed by atoms with Gasteiger partial charge in [0.05, 0.1) is 5.25 Å². The fourth-order valence-corrected chi connectivity index (χ4v) is 3.72. The molecular weight excluding hydrogens is 266 g/mol. The lowest BCUT2D eigenvalue weighted by molar-refractivity contribution is 0.615. The van der Waals surface area contributed by atoms with E-state index in [2.05, 4.69) is 12.1 Å². The van der Waals surface area contributed by atoms with E-state index in [4.69, 9.17) is 5.73 Å². The Morgan fingerprint density at radius 2 is 1.55 bits per heavy atom. The molecule has 0 heterocycles. The summed E-state index contributed by atoms with van der Waals surface area (Å²) in [5, 5.41) is -0.110. The number of nitrogens with two attached hydrogens (primary N) is 1. The summed E-state index contributed by atoms with van der Waals surface area (Å²) in [4.78, 5) is 0. The normalized spacial score (nSPS) is 15.5. The van der Waals surface area contributed by atoms with Crippen LogP contribution in [0.25, 0.3) is 0 Å². The van der Waals surface area contributed by atoms with Gasteiger partial charge in [-0.25, -0.2) is 0 Å². The van der Waals surface area contributed by atoms with Crippen molar-refractivity contribution in [2.24, 2.45) is 5.73 Å². The summed E-state index contributed by atoms with van der Waals surface area (Å²) in [6.07, 6.45) is 0.742. The molecule has 3 unspecified atom stereocenters. The van der Waals surface area contributed by atoms with Crippen LogP contribution in [0.3, 0.4) is 0 Å². The Morgan fingerprint density at radius 3 is 2.10 bits per heavy atom. The first-order valence-corrected chi connectivity index (χ1v) is 8.32. The molecule has 2 nitrogen and oxygen atoms in total. The zero-order valence-electron chi connectivity index (χ0n) is 11.7. The lowest BCUT2D eigenvalue weighted by atomic mass is 9.99. The number of benzene rings is 2. The van der Waals surface area contributed by atoms with Crippen molar-refractivity contribution in [1.29, 1.82) is 0 Å². The van der Waals surface area contributed by atoms with Crippen LogP contribution in [0.2, 0.25) is 0 Å². The quantitative estimate of drug-likeness (QED) is 0.887. The van der Waals surface area contributed by atoms with Crippen molar-refractivity contribution in [2.45, 2.75) is 24.6 Å². The molecule has 3 atom stereocenters. The van der Waals surface area contributed by atoms with E-state index in [0.717, 1.165) is 12.0 Å². The second-order valence-electron chi connectivity index (χ2n) is 4.85. The Kier molecular flexibility index (Phi) is 5.50. The lowest BCUT2D eigenvalue weighted by Gasteiger charge is -2.23. The molecule has 0 aliphatic rings. The summed E-state index contributed by atoms with van der Waals surface area (Å²) in [5.41, 5.74) is 8.62. The second kappa shape index (κ2) is 7.36. The average Bonchev–Trinajstić information content (AvgIpc) is 2.49. The molecule has 2 N–H and O–H groups in total. The average molecular weight is 287 g/mol. The molecular formula is C17H21NOS. The number of hydrogen-bond acceptors (Lipinski definition) is 2. The molecule has 0 radical (unpaired) electrons. The Hall–Kier alpha value is -1.45. The molecule has 3 heteroatoms. The van der Waals surface area contributed by atoms with Crippen LogP contribution in [-0.4, -0.2) is 16.0 Å². The Balaban J connectivity index is 2.21. The molecule has 106 valence electrons. The molecule has 0 bridgehead atoms. The minimum absolute atomic E-state index is 0.110. The molecule has 0 amide bonds. The van der Waals surface area contributed by atoms with E-state index in [9.17, 15) is 4.21 Å². The van der Waals surface area contributed by atoms with Gasteiger partial charge in [0.1, 0.15) is 0 Å². The van der Waals surface area contributed by atoms with E-state index in [-0.39, 0.29) is 11.3 Å². The van der Waals surface area contributed by atoms with E-state index in [1.165, 1.54) is 5.56 Å². The SMILES string of the molecule is CCS(=O)C(c1ccccc1)C(N)Cc1ccccc1. The molecule has 0 aliphatic carbocycles. The minimum Gasteiger partial charge on any atom is -0.326 e. The maximum atomic E-state index is 12.4. The van der Waals surface area contributed by atoms with Crippen LogP contribution >= 0.6 is 0 Å². The van der Waals surface area contributed by atoms with Crippen LogP contribution in [0.1, 0.15) is 23.3 Å². The number of rotatable bonds is 6. The summed E-state index contributed by atoms with van der Waals surface area (Å²) < 4.78 is 12.4. The highest BCUT2D eigenvalue weighted by Crippen LogP contribution is 2.25. The molecule has 0 fully saturated rings. The van der Waals surface area contributed by atoms with Gasteiger partial charge in [-0.15, -0.1) is 0 Å². The first kappa shape index (κ1) is 14.9. The molecule has 0 aliphatic heterocycles. The minimum atomic E-state index is -0.945. The molecule has 0 spiro atoms. The van der Waals surface area contributed by atoms with Crippen LogP contribution in [0.4, 0.5) is 0 Å². The fourth-order valence-electron chi connectivity index (χ4n) is 2.41. The van der Waals surface area contributed by atoms with Gasteiger partial charge in [0.15, 0.2) is 0 Å². The van der Waals surface area contributed by atoms with E-state index in [1.807, 2.05) is 55.5 Å². The van der Waals surface area contributed by atoms with Crippen LogP contribution in [0.15, 0.2) is 60.7 Å². The third-order valence-electron chi connectivity index (χ3n) is 3.40. The highest BCUT2D eigenvalue weighted by atomic mass is 32.2. The van der Waals surface area contributed by atoms with Gasteiger partial charge in [0, 0.05) is 22.6 Å². The predicted molar refractivity (Wildman–Crippen MR) is 86.0 cm³/mol. The van der Waals surface area contributed by atoms with Crippen LogP contribution in [0.5, 0.6) is 0 Å². The number of hydrogen-bond donors (Lipinski definition) is 1. The molecule has 2 rings (SSSR count). The standard InChI is InChI=1S/C17H21NOS/c1-2-20(19)17(15-11-7-4-8-12-15)16(18)13-14-9-5-3-6-10-14/h3-12,16-17H,2,13,18H2,1H3. The second-order valence-corrected chi connectivity index (χ2v) is 6.70. The molecule has 0 saturated heterocycles. The summed E-state index contributed by atoms with van der Waals surface area (Å²) >= 11 is 0. The van der Waals surface area contributed by atoms with Gasteiger partial charge in [-0.05, 0) is 17.5 Å². The Morgan fingerprint density at radius 1 is 1.00 bits per heavy atom. The van der Waals surface area contributed by atoms with Gasteiger partial charge in [-0.3, -0.25) is 4.21 Å². The fraction of sp³-hybridized carbons (Fsp3) is 0.294. The summed E-state index contributed by atoms with van der Waals surface area (Å²) in [6, 6.07) is 20.0. The molecule has 0 saturated carbocycles. The van der Waals surface area contributed by atoms with Gasteiger partial charge >= 0.3 is 0 Å². The van der Waals surface area contributed by atoms with E-state index in [0.29, 0.717) is 5.75 Å². The third kappa shape index (κ3) is 3.78. The summed E-state index contributed by atoms with van der Waals surface area (Å²) in [5.74, 6) is 0.627. The zero-order chi connectivity index (χ0) is 14.4. The third-order valence-corrected chi connectivity index (χ3v) is 5.16. The van der Waals surface area contributed by atoms with Crippen molar-refractivity contribution in [1.82, 2.24) is 0 Å². The largest absolute Gasteiger partial charge is 0.326 e. The summed E-state index contributed by atoms with van der Waals surface area (Å²) in [6.45, 7) is 1.95. The molecule has 2 aromatic carbocycles. The smallest absolute Gasteiger partial charge is 0.0751 e. The van der Waals surface area contributed by atoms with Crippen LogP contribution in [0, 0.1) is 0 Å². The van der Waals surface area contributed by atoms with Crippen LogP contribution < -0.4 is 5.73 Å². The molecule has 2 aromatic rings. The van der Waals surface area contributed by atoms with Gasteiger partial charge in [0.2, 0.25) is 0 Å². The van der Waals surface area contributed by atoms with Crippen molar-refractivity contribution in [3.63, 3.8) is 0 Å². The van der Waals surface area contributed by atoms with E-state index < -0.39 is 10.8 Å². The first-order chi connectivity index (χ1) is 9.72. The highest BCUT2D eigenvalue weighted by Gasteiger charge is 2.25. The topological polar surface area (TPSA) is 43.1 Å². The van der Waals surface area contributed by atoms with Crippen molar-refractivity contribution < 1.29 is 4.21 Å². The maximum absolute atomic E-state index is 12.4. The van der Waals surface area contributed by atoms with Crippen LogP contribution in [-0.2, 0) is 17.2 Å². The monoisotopic (exact) mass is 287 g/mol. The highest BCUT2D eigenvalue weighted by molar-refractivity contribution is 7.85. The lowest BCUT2D eigenvalue weighted by Crippen LogP contribution is -2.33. The Bertz CT molecular complexity index is 541. The van der Waals surface area contributed by atoms with Crippen molar-refractivity contribution in [3.8, 4) is 0 Å². The summed E-state index contributed by atoms with van der Waals surface area (Å²) in [7, 11) is -0.945. The van der Waals surface area contributed by atoms with Gasteiger partial charge < -0.3 is 5.73 Å². The van der Waals surface area contributed by atoms with Crippen molar-refractivity contribution in [3.05, 3.63) is 71.8 Å². The van der Waals surface area contributed by atoms with E-state index in [1.54, 1.807) is 0 Å². The molecule has 0 aromatic heterocycles. The zero-order valence-corrected chi connectivity index (χ0v) is 12.6. The molecule has 20 heavy (non-hydrogen) atoms. The van der Waals surface area contributed by atoms with Gasteiger partial charge in [0.25, 0.3) is 0 Å². The van der Waals surface area contributed by atoms with Crippen molar-refractivity contribution in [2.75, 3.05) is 5.75 Å².